The molecule has 0 saturated heterocycles. The standard InChI is InChI=1S/C18H17N3O3S/c1-4-24-18(23)15-11(2)12(3)25-17(15)21-16(22)14(10-19)9-13-5-7-20-8-6-13/h5-9H,4H2,1-3H3,(H,21,22)/b14-9-. The molecule has 1 amide bonds. The fourth-order valence-electron chi connectivity index (χ4n) is 2.11. The number of hydrogen-bond acceptors (Lipinski definition) is 6. The molecule has 2 heterocycles. The minimum absolute atomic E-state index is 0.0651. The van der Waals surface area contributed by atoms with Gasteiger partial charge in [0, 0.05) is 17.3 Å². The van der Waals surface area contributed by atoms with Gasteiger partial charge in [0.25, 0.3) is 5.91 Å². The fraction of sp³-hybridized carbons (Fsp3) is 0.222. The number of ether oxygens (including phenoxy) is 1. The van der Waals surface area contributed by atoms with Crippen LogP contribution >= 0.6 is 11.3 Å². The van der Waals surface area contributed by atoms with Gasteiger partial charge in [-0.05, 0) is 50.1 Å². The zero-order valence-corrected chi connectivity index (χ0v) is 14.9. The average Bonchev–Trinajstić information content (AvgIpc) is 2.87. The summed E-state index contributed by atoms with van der Waals surface area (Å²) in [5.74, 6) is -1.07. The number of esters is 1. The number of nitrogens with zero attached hydrogens (tertiary/aromatic N) is 2. The second-order valence-electron chi connectivity index (χ2n) is 5.11. The zero-order chi connectivity index (χ0) is 18.4. The number of aromatic nitrogens is 1. The summed E-state index contributed by atoms with van der Waals surface area (Å²) in [6, 6.07) is 5.26. The third-order valence-corrected chi connectivity index (χ3v) is 4.60. The Kier molecular flexibility index (Phi) is 6.03. The van der Waals surface area contributed by atoms with Gasteiger partial charge in [-0.2, -0.15) is 5.26 Å². The molecule has 0 aliphatic carbocycles. The van der Waals surface area contributed by atoms with Gasteiger partial charge in [0.05, 0.1) is 12.2 Å². The molecular formula is C18H17N3O3S. The summed E-state index contributed by atoms with van der Waals surface area (Å²) in [6.07, 6.45) is 4.61. The first-order valence-electron chi connectivity index (χ1n) is 7.58. The molecule has 0 aliphatic heterocycles. The van der Waals surface area contributed by atoms with Gasteiger partial charge >= 0.3 is 5.97 Å². The second-order valence-corrected chi connectivity index (χ2v) is 6.34. The van der Waals surface area contributed by atoms with Gasteiger partial charge in [-0.1, -0.05) is 0 Å². The highest BCUT2D eigenvalue weighted by molar-refractivity contribution is 7.16. The summed E-state index contributed by atoms with van der Waals surface area (Å²) >= 11 is 1.28. The molecule has 7 heteroatoms. The summed E-state index contributed by atoms with van der Waals surface area (Å²) in [5, 5.41) is 12.3. The number of hydrogen-bond donors (Lipinski definition) is 1. The number of nitriles is 1. The number of thiophene rings is 1. The van der Waals surface area contributed by atoms with Gasteiger partial charge in [0.2, 0.25) is 0 Å². The Morgan fingerprint density at radius 2 is 2.04 bits per heavy atom. The lowest BCUT2D eigenvalue weighted by molar-refractivity contribution is -0.112. The van der Waals surface area contributed by atoms with Gasteiger partial charge < -0.3 is 10.1 Å². The van der Waals surface area contributed by atoms with Crippen molar-refractivity contribution in [2.75, 3.05) is 11.9 Å². The van der Waals surface area contributed by atoms with Crippen LogP contribution in [0.25, 0.3) is 6.08 Å². The first kappa shape index (κ1) is 18.4. The van der Waals surface area contributed by atoms with Gasteiger partial charge in [-0.15, -0.1) is 11.3 Å². The van der Waals surface area contributed by atoms with E-state index in [1.165, 1.54) is 17.4 Å². The Bertz CT molecular complexity index is 864. The van der Waals surface area contributed by atoms with E-state index in [0.717, 1.165) is 10.4 Å². The van der Waals surface area contributed by atoms with Gasteiger partial charge in [0.1, 0.15) is 16.6 Å². The van der Waals surface area contributed by atoms with Crippen molar-refractivity contribution in [3.63, 3.8) is 0 Å². The molecule has 2 aromatic rings. The van der Waals surface area contributed by atoms with Crippen LogP contribution in [0.1, 0.15) is 33.3 Å². The Morgan fingerprint density at radius 1 is 1.36 bits per heavy atom. The van der Waals surface area contributed by atoms with E-state index in [1.807, 2.05) is 13.0 Å². The summed E-state index contributed by atoms with van der Waals surface area (Å²) in [7, 11) is 0. The Labute approximate surface area is 149 Å². The smallest absolute Gasteiger partial charge is 0.341 e. The number of pyridine rings is 1. The quantitative estimate of drug-likeness (QED) is 0.503. The predicted octanol–water partition coefficient (Wildman–Crippen LogP) is 3.48. The van der Waals surface area contributed by atoms with Crippen molar-refractivity contribution in [2.45, 2.75) is 20.8 Å². The van der Waals surface area contributed by atoms with E-state index in [1.54, 1.807) is 38.4 Å². The molecule has 0 saturated carbocycles. The maximum absolute atomic E-state index is 12.4. The third-order valence-electron chi connectivity index (χ3n) is 3.47. The predicted molar refractivity (Wildman–Crippen MR) is 96.2 cm³/mol. The van der Waals surface area contributed by atoms with Crippen molar-refractivity contribution in [3.05, 3.63) is 51.7 Å². The van der Waals surface area contributed by atoms with Crippen LogP contribution < -0.4 is 5.32 Å². The summed E-state index contributed by atoms with van der Waals surface area (Å²) in [6.45, 7) is 5.62. The van der Waals surface area contributed by atoms with E-state index in [2.05, 4.69) is 10.3 Å². The largest absolute Gasteiger partial charge is 0.462 e. The molecule has 2 aromatic heterocycles. The van der Waals surface area contributed by atoms with Crippen LogP contribution in [0.5, 0.6) is 0 Å². The molecule has 0 unspecified atom stereocenters. The van der Waals surface area contributed by atoms with Crippen LogP contribution in [0.3, 0.4) is 0 Å². The van der Waals surface area contributed by atoms with Crippen LogP contribution in [0.15, 0.2) is 30.1 Å². The fourth-order valence-corrected chi connectivity index (χ4v) is 3.15. The molecule has 25 heavy (non-hydrogen) atoms. The summed E-state index contributed by atoms with van der Waals surface area (Å²) in [4.78, 5) is 29.4. The molecule has 128 valence electrons. The lowest BCUT2D eigenvalue weighted by Gasteiger charge is -2.06. The van der Waals surface area contributed by atoms with Crippen molar-refractivity contribution >= 4 is 34.3 Å². The van der Waals surface area contributed by atoms with Crippen LogP contribution in [-0.2, 0) is 9.53 Å². The average molecular weight is 355 g/mol. The first-order valence-corrected chi connectivity index (χ1v) is 8.39. The lowest BCUT2D eigenvalue weighted by atomic mass is 10.1. The van der Waals surface area contributed by atoms with Gasteiger partial charge in [-0.25, -0.2) is 4.79 Å². The van der Waals surface area contributed by atoms with Crippen LogP contribution in [0, 0.1) is 25.2 Å². The van der Waals surface area contributed by atoms with Crippen molar-refractivity contribution in [3.8, 4) is 6.07 Å². The van der Waals surface area contributed by atoms with E-state index in [0.29, 0.717) is 16.1 Å². The van der Waals surface area contributed by atoms with Crippen LogP contribution in [0.2, 0.25) is 0 Å². The van der Waals surface area contributed by atoms with E-state index >= 15 is 0 Å². The molecular weight excluding hydrogens is 338 g/mol. The normalized spacial score (nSPS) is 10.9. The van der Waals surface area contributed by atoms with E-state index in [9.17, 15) is 14.9 Å². The van der Waals surface area contributed by atoms with Crippen molar-refractivity contribution in [1.82, 2.24) is 4.98 Å². The molecule has 0 fully saturated rings. The number of carbonyl (C=O) groups excluding carboxylic acids is 2. The van der Waals surface area contributed by atoms with Crippen molar-refractivity contribution in [2.24, 2.45) is 0 Å². The van der Waals surface area contributed by atoms with Crippen molar-refractivity contribution in [1.29, 1.82) is 5.26 Å². The Morgan fingerprint density at radius 3 is 2.64 bits per heavy atom. The highest BCUT2D eigenvalue weighted by atomic mass is 32.1. The summed E-state index contributed by atoms with van der Waals surface area (Å²) in [5.41, 5.74) is 1.71. The number of carbonyl (C=O) groups is 2. The minimum atomic E-state index is -0.578. The Balaban J connectivity index is 2.31. The molecule has 0 bridgehead atoms. The molecule has 0 spiro atoms. The topological polar surface area (TPSA) is 92.1 Å². The van der Waals surface area contributed by atoms with Gasteiger partial charge in [0.15, 0.2) is 0 Å². The molecule has 0 radical (unpaired) electrons. The van der Waals surface area contributed by atoms with E-state index < -0.39 is 11.9 Å². The zero-order valence-electron chi connectivity index (χ0n) is 14.1. The number of nitrogens with one attached hydrogen (secondary N) is 1. The molecule has 0 aromatic carbocycles. The maximum Gasteiger partial charge on any atom is 0.341 e. The monoisotopic (exact) mass is 355 g/mol. The third kappa shape index (κ3) is 4.31. The SMILES string of the molecule is CCOC(=O)c1c(NC(=O)/C(C#N)=C\c2ccncc2)sc(C)c1C. The van der Waals surface area contributed by atoms with Crippen LogP contribution in [-0.4, -0.2) is 23.5 Å². The van der Waals surface area contributed by atoms with Crippen LogP contribution in [0.4, 0.5) is 5.00 Å². The first-order chi connectivity index (χ1) is 12.0. The minimum Gasteiger partial charge on any atom is -0.462 e. The molecule has 1 N–H and O–H groups in total. The highest BCUT2D eigenvalue weighted by Gasteiger charge is 2.23. The highest BCUT2D eigenvalue weighted by Crippen LogP contribution is 2.33. The molecule has 0 aliphatic rings. The maximum atomic E-state index is 12.4. The second kappa shape index (κ2) is 8.22. The molecule has 0 atom stereocenters. The molecule has 2 rings (SSSR count). The number of rotatable bonds is 5. The number of anilines is 1. The number of amides is 1. The van der Waals surface area contributed by atoms with Crippen molar-refractivity contribution < 1.29 is 14.3 Å². The Hall–Kier alpha value is -2.98. The molecule has 6 nitrogen and oxygen atoms in total. The van der Waals surface area contributed by atoms with E-state index in [-0.39, 0.29) is 12.2 Å². The van der Waals surface area contributed by atoms with Gasteiger partial charge in [-0.3, -0.25) is 9.78 Å². The lowest BCUT2D eigenvalue weighted by Crippen LogP contribution is -2.16. The summed E-state index contributed by atoms with van der Waals surface area (Å²) < 4.78 is 5.06. The number of aryl methyl sites for hydroxylation is 1. The van der Waals surface area contributed by atoms with E-state index in [4.69, 9.17) is 4.74 Å².